The number of pyridine rings is 1. The molecule has 0 spiro atoms. The van der Waals surface area contributed by atoms with Gasteiger partial charge in [-0.25, -0.2) is 9.78 Å². The lowest BCUT2D eigenvalue weighted by atomic mass is 9.87. The third-order valence-corrected chi connectivity index (χ3v) is 3.04. The summed E-state index contributed by atoms with van der Waals surface area (Å²) in [6.45, 7) is 6.33. The molecule has 0 aliphatic rings. The van der Waals surface area contributed by atoms with Crippen molar-refractivity contribution in [1.29, 1.82) is 0 Å². The molecule has 5 nitrogen and oxygen atoms in total. The summed E-state index contributed by atoms with van der Waals surface area (Å²) in [7, 11) is 0. The van der Waals surface area contributed by atoms with Crippen molar-refractivity contribution in [2.24, 2.45) is 0 Å². The van der Waals surface area contributed by atoms with E-state index >= 15 is 0 Å². The first-order valence-corrected chi connectivity index (χ1v) is 6.54. The normalized spacial score (nSPS) is 11.2. The number of nitrogen functional groups attached to an aromatic ring is 1. The second-order valence-electron chi connectivity index (χ2n) is 5.80. The Balaban J connectivity index is 2.28. The fourth-order valence-corrected chi connectivity index (χ4v) is 1.81. The minimum absolute atomic E-state index is 0.00546. The van der Waals surface area contributed by atoms with Gasteiger partial charge in [-0.05, 0) is 29.2 Å². The molecule has 2 rings (SSSR count). The van der Waals surface area contributed by atoms with E-state index in [2.05, 4.69) is 25.8 Å². The first-order chi connectivity index (χ1) is 9.77. The summed E-state index contributed by atoms with van der Waals surface area (Å²) in [5, 5.41) is 8.88. The van der Waals surface area contributed by atoms with E-state index in [9.17, 15) is 4.79 Å². The second-order valence-corrected chi connectivity index (χ2v) is 5.80. The number of nitrogens with zero attached hydrogens (tertiary/aromatic N) is 1. The number of ether oxygens (including phenoxy) is 1. The molecule has 3 N–H and O–H groups in total. The molecule has 0 amide bonds. The lowest BCUT2D eigenvalue weighted by Gasteiger charge is -2.19. The molecule has 110 valence electrons. The van der Waals surface area contributed by atoms with E-state index in [1.807, 2.05) is 24.3 Å². The van der Waals surface area contributed by atoms with Gasteiger partial charge < -0.3 is 15.6 Å². The van der Waals surface area contributed by atoms with E-state index in [4.69, 9.17) is 15.6 Å². The molecule has 0 aliphatic carbocycles. The van der Waals surface area contributed by atoms with Crippen LogP contribution in [-0.4, -0.2) is 16.1 Å². The van der Waals surface area contributed by atoms with Crippen molar-refractivity contribution < 1.29 is 14.6 Å². The van der Waals surface area contributed by atoms with Crippen molar-refractivity contribution in [2.75, 3.05) is 5.73 Å². The van der Waals surface area contributed by atoms with Gasteiger partial charge in [-0.15, -0.1) is 0 Å². The predicted molar refractivity (Wildman–Crippen MR) is 80.8 cm³/mol. The van der Waals surface area contributed by atoms with Gasteiger partial charge in [-0.2, -0.15) is 0 Å². The zero-order valence-electron chi connectivity index (χ0n) is 12.3. The Kier molecular flexibility index (Phi) is 3.84. The van der Waals surface area contributed by atoms with E-state index in [1.165, 1.54) is 12.3 Å². The molecule has 1 aromatic heterocycles. The van der Waals surface area contributed by atoms with Crippen LogP contribution >= 0.6 is 0 Å². The molecule has 21 heavy (non-hydrogen) atoms. The number of nitrogens with two attached hydrogens (primary N) is 1. The Hall–Kier alpha value is -2.56. The molecule has 0 bridgehead atoms. The summed E-state index contributed by atoms with van der Waals surface area (Å²) in [6.07, 6.45) is 1.22. The number of benzene rings is 1. The van der Waals surface area contributed by atoms with Gasteiger partial charge in [0, 0.05) is 6.20 Å². The van der Waals surface area contributed by atoms with Gasteiger partial charge in [0.15, 0.2) is 0 Å². The molecule has 5 heteroatoms. The Morgan fingerprint density at radius 3 is 2.57 bits per heavy atom. The summed E-state index contributed by atoms with van der Waals surface area (Å²) >= 11 is 0. The van der Waals surface area contributed by atoms with Crippen molar-refractivity contribution >= 4 is 11.7 Å². The first kappa shape index (κ1) is 14.8. The maximum absolute atomic E-state index is 10.8. The van der Waals surface area contributed by atoms with Crippen LogP contribution in [-0.2, 0) is 5.41 Å². The highest BCUT2D eigenvalue weighted by molar-refractivity contribution is 5.88. The largest absolute Gasteiger partial charge is 0.478 e. The van der Waals surface area contributed by atoms with Crippen LogP contribution < -0.4 is 10.5 Å². The number of carboxylic acids is 1. The third kappa shape index (κ3) is 3.51. The monoisotopic (exact) mass is 286 g/mol. The fourth-order valence-electron chi connectivity index (χ4n) is 1.81. The number of hydrogen-bond acceptors (Lipinski definition) is 4. The zero-order chi connectivity index (χ0) is 15.6. The summed E-state index contributed by atoms with van der Waals surface area (Å²) < 4.78 is 5.65. The Morgan fingerprint density at radius 1 is 1.29 bits per heavy atom. The van der Waals surface area contributed by atoms with Crippen molar-refractivity contribution in [2.45, 2.75) is 26.2 Å². The lowest BCUT2D eigenvalue weighted by molar-refractivity contribution is 0.0696. The molecule has 0 atom stereocenters. The van der Waals surface area contributed by atoms with Gasteiger partial charge in [0.05, 0.1) is 11.3 Å². The van der Waals surface area contributed by atoms with E-state index in [0.717, 1.165) is 5.56 Å². The average Bonchev–Trinajstić information content (AvgIpc) is 2.40. The highest BCUT2D eigenvalue weighted by atomic mass is 16.5. The quantitative estimate of drug-likeness (QED) is 0.902. The van der Waals surface area contributed by atoms with Crippen LogP contribution in [0.4, 0.5) is 5.69 Å². The molecule has 0 saturated carbocycles. The van der Waals surface area contributed by atoms with Crippen LogP contribution in [0, 0.1) is 0 Å². The van der Waals surface area contributed by atoms with Gasteiger partial charge in [0.1, 0.15) is 5.75 Å². The van der Waals surface area contributed by atoms with Crippen molar-refractivity contribution in [3.8, 4) is 11.6 Å². The highest BCUT2D eigenvalue weighted by Gasteiger charge is 2.15. The number of aromatic nitrogens is 1. The smallest absolute Gasteiger partial charge is 0.337 e. The number of carbonyl (C=O) groups is 1. The van der Waals surface area contributed by atoms with Gasteiger partial charge >= 0.3 is 5.97 Å². The summed E-state index contributed by atoms with van der Waals surface area (Å²) in [5.74, 6) is -0.258. The van der Waals surface area contributed by atoms with Crippen LogP contribution in [0.3, 0.4) is 0 Å². The minimum Gasteiger partial charge on any atom is -0.478 e. The molecule has 1 aromatic carbocycles. The van der Waals surface area contributed by atoms with Gasteiger partial charge in [-0.1, -0.05) is 32.9 Å². The molecule has 2 aromatic rings. The molecule has 0 fully saturated rings. The van der Waals surface area contributed by atoms with Gasteiger partial charge in [0.2, 0.25) is 5.88 Å². The fraction of sp³-hybridized carbons (Fsp3) is 0.250. The number of carboxylic acid groups (broad SMARTS) is 1. The Labute approximate surface area is 123 Å². The summed E-state index contributed by atoms with van der Waals surface area (Å²) in [4.78, 5) is 14.8. The molecule has 1 heterocycles. The predicted octanol–water partition coefficient (Wildman–Crippen LogP) is 3.45. The standard InChI is InChI=1S/C16H18N2O3/c1-16(2,3)11-5-4-6-12(8-11)21-14-13(17)7-10(9-18-14)15(19)20/h4-9H,17H2,1-3H3,(H,19,20). The third-order valence-electron chi connectivity index (χ3n) is 3.04. The van der Waals surface area contributed by atoms with Gasteiger partial charge in [0.25, 0.3) is 0 Å². The van der Waals surface area contributed by atoms with Crippen LogP contribution in [0.25, 0.3) is 0 Å². The van der Waals surface area contributed by atoms with E-state index in [1.54, 1.807) is 0 Å². The summed E-state index contributed by atoms with van der Waals surface area (Å²) in [5.41, 5.74) is 7.13. The number of aromatic carboxylic acids is 1. The van der Waals surface area contributed by atoms with Crippen LogP contribution in [0.15, 0.2) is 36.5 Å². The average molecular weight is 286 g/mol. The summed E-state index contributed by atoms with van der Waals surface area (Å²) in [6, 6.07) is 8.99. The Morgan fingerprint density at radius 2 is 2.00 bits per heavy atom. The van der Waals surface area contributed by atoms with E-state index in [-0.39, 0.29) is 22.5 Å². The van der Waals surface area contributed by atoms with E-state index < -0.39 is 5.97 Å². The first-order valence-electron chi connectivity index (χ1n) is 6.54. The van der Waals surface area contributed by atoms with Crippen LogP contribution in [0.1, 0.15) is 36.7 Å². The molecule has 0 saturated heterocycles. The molecular weight excluding hydrogens is 268 g/mol. The molecule has 0 radical (unpaired) electrons. The van der Waals surface area contributed by atoms with Crippen molar-refractivity contribution in [3.05, 3.63) is 47.7 Å². The maximum Gasteiger partial charge on any atom is 0.337 e. The van der Waals surface area contributed by atoms with E-state index in [0.29, 0.717) is 5.75 Å². The molecule has 0 aliphatic heterocycles. The number of anilines is 1. The highest BCUT2D eigenvalue weighted by Crippen LogP contribution is 2.30. The second kappa shape index (κ2) is 5.44. The Bertz CT molecular complexity index is 675. The lowest BCUT2D eigenvalue weighted by Crippen LogP contribution is -2.10. The SMILES string of the molecule is CC(C)(C)c1cccc(Oc2ncc(C(=O)O)cc2N)c1. The maximum atomic E-state index is 10.8. The van der Waals surface area contributed by atoms with Gasteiger partial charge in [-0.3, -0.25) is 0 Å². The topological polar surface area (TPSA) is 85.4 Å². The number of hydrogen-bond donors (Lipinski definition) is 2. The molecular formula is C16H18N2O3. The zero-order valence-corrected chi connectivity index (χ0v) is 12.3. The van der Waals surface area contributed by atoms with Crippen molar-refractivity contribution in [3.63, 3.8) is 0 Å². The number of rotatable bonds is 3. The van der Waals surface area contributed by atoms with Crippen molar-refractivity contribution in [1.82, 2.24) is 4.98 Å². The molecule has 0 unspecified atom stereocenters. The minimum atomic E-state index is -1.07. The van der Waals surface area contributed by atoms with Crippen LogP contribution in [0.2, 0.25) is 0 Å². The van der Waals surface area contributed by atoms with Crippen LogP contribution in [0.5, 0.6) is 11.6 Å².